The molecule has 1 fully saturated rings. The molecule has 1 aliphatic rings. The Kier molecular flexibility index (Phi) is 6.08. The van der Waals surface area contributed by atoms with Crippen LogP contribution in [0.2, 0.25) is 0 Å². The maximum absolute atomic E-state index is 11.9. The van der Waals surface area contributed by atoms with Gasteiger partial charge in [-0.2, -0.15) is 0 Å². The largest absolute Gasteiger partial charge is 0.317 e. The summed E-state index contributed by atoms with van der Waals surface area (Å²) in [5, 5.41) is 3.22. The Morgan fingerprint density at radius 2 is 1.78 bits per heavy atom. The highest BCUT2D eigenvalue weighted by Gasteiger charge is 2.19. The first-order valence-electron chi connectivity index (χ1n) is 5.90. The molecule has 1 aliphatic heterocycles. The van der Waals surface area contributed by atoms with Crippen molar-refractivity contribution < 1.29 is 8.42 Å². The minimum absolute atomic E-state index is 0. The van der Waals surface area contributed by atoms with Crippen LogP contribution in [-0.2, 0) is 15.8 Å². The summed E-state index contributed by atoms with van der Waals surface area (Å²) in [4.78, 5) is 0. The van der Waals surface area contributed by atoms with Crippen molar-refractivity contribution in [3.8, 4) is 0 Å². The standard InChI is InChI=1S/C12H18N2O2S.ClH/c15-17(16,10-11-4-2-1-3-5-11)14-12-6-8-13-9-7-12;/h1-5,12-14H,6-10H2;1H. The molecule has 1 aromatic rings. The molecular weight excluding hydrogens is 272 g/mol. The minimum atomic E-state index is -3.21. The van der Waals surface area contributed by atoms with E-state index >= 15 is 0 Å². The summed E-state index contributed by atoms with van der Waals surface area (Å²) in [5.74, 6) is 0.0672. The fourth-order valence-corrected chi connectivity index (χ4v) is 3.49. The van der Waals surface area contributed by atoms with Crippen LogP contribution in [0, 0.1) is 0 Å². The average molecular weight is 291 g/mol. The van der Waals surface area contributed by atoms with Crippen LogP contribution >= 0.6 is 12.4 Å². The van der Waals surface area contributed by atoms with E-state index in [1.54, 1.807) is 0 Å². The van der Waals surface area contributed by atoms with Crippen molar-refractivity contribution in [2.45, 2.75) is 24.6 Å². The minimum Gasteiger partial charge on any atom is -0.317 e. The van der Waals surface area contributed by atoms with Crippen LogP contribution in [0.4, 0.5) is 0 Å². The second-order valence-electron chi connectivity index (χ2n) is 4.39. The summed E-state index contributed by atoms with van der Waals surface area (Å²) in [6.45, 7) is 1.77. The van der Waals surface area contributed by atoms with Gasteiger partial charge in [-0.25, -0.2) is 13.1 Å². The zero-order valence-electron chi connectivity index (χ0n) is 10.1. The van der Waals surface area contributed by atoms with E-state index in [1.807, 2.05) is 30.3 Å². The van der Waals surface area contributed by atoms with E-state index in [1.165, 1.54) is 0 Å². The molecule has 0 unspecified atom stereocenters. The van der Waals surface area contributed by atoms with Gasteiger partial charge in [0.25, 0.3) is 0 Å². The molecule has 1 heterocycles. The summed E-state index contributed by atoms with van der Waals surface area (Å²) >= 11 is 0. The Hall–Kier alpha value is -0.620. The topological polar surface area (TPSA) is 58.2 Å². The predicted molar refractivity (Wildman–Crippen MR) is 75.3 cm³/mol. The number of hydrogen-bond acceptors (Lipinski definition) is 3. The van der Waals surface area contributed by atoms with E-state index in [-0.39, 0.29) is 24.2 Å². The molecule has 0 atom stereocenters. The third-order valence-corrected chi connectivity index (χ3v) is 4.29. The molecule has 1 aromatic carbocycles. The molecule has 0 aromatic heterocycles. The molecule has 0 spiro atoms. The van der Waals surface area contributed by atoms with Gasteiger partial charge < -0.3 is 5.32 Å². The lowest BCUT2D eigenvalue weighted by molar-refractivity contribution is 0.427. The zero-order valence-corrected chi connectivity index (χ0v) is 11.8. The van der Waals surface area contributed by atoms with Gasteiger partial charge in [-0.05, 0) is 31.5 Å². The number of nitrogens with one attached hydrogen (secondary N) is 2. The summed E-state index contributed by atoms with van der Waals surface area (Å²) in [5.41, 5.74) is 0.828. The van der Waals surface area contributed by atoms with Crippen molar-refractivity contribution in [1.29, 1.82) is 0 Å². The van der Waals surface area contributed by atoms with Crippen LogP contribution in [0.25, 0.3) is 0 Å². The lowest BCUT2D eigenvalue weighted by Crippen LogP contribution is -2.43. The molecule has 2 rings (SSSR count). The third-order valence-electron chi connectivity index (χ3n) is 2.88. The number of hydrogen-bond donors (Lipinski definition) is 2. The Morgan fingerprint density at radius 3 is 2.39 bits per heavy atom. The van der Waals surface area contributed by atoms with Gasteiger partial charge in [0.1, 0.15) is 0 Å². The zero-order chi connectivity index (χ0) is 12.1. The van der Waals surface area contributed by atoms with E-state index in [2.05, 4.69) is 10.0 Å². The molecular formula is C12H19ClN2O2S. The molecule has 102 valence electrons. The fourth-order valence-electron chi connectivity index (χ4n) is 2.03. The Morgan fingerprint density at radius 1 is 1.17 bits per heavy atom. The van der Waals surface area contributed by atoms with Gasteiger partial charge in [-0.3, -0.25) is 0 Å². The number of benzene rings is 1. The van der Waals surface area contributed by atoms with E-state index in [9.17, 15) is 8.42 Å². The summed E-state index contributed by atoms with van der Waals surface area (Å²) in [6.07, 6.45) is 1.74. The first-order valence-corrected chi connectivity index (χ1v) is 7.55. The summed E-state index contributed by atoms with van der Waals surface area (Å²) < 4.78 is 26.6. The maximum atomic E-state index is 11.9. The molecule has 0 aliphatic carbocycles. The Bertz CT molecular complexity index is 444. The van der Waals surface area contributed by atoms with E-state index in [0.29, 0.717) is 0 Å². The SMILES string of the molecule is Cl.O=S(=O)(Cc1ccccc1)NC1CCNCC1. The molecule has 6 heteroatoms. The van der Waals surface area contributed by atoms with Crippen LogP contribution in [0.15, 0.2) is 30.3 Å². The normalized spacial score (nSPS) is 17.1. The Balaban J connectivity index is 0.00000162. The first kappa shape index (κ1) is 15.4. The number of rotatable bonds is 4. The molecule has 18 heavy (non-hydrogen) atoms. The molecule has 2 N–H and O–H groups in total. The van der Waals surface area contributed by atoms with Crippen molar-refractivity contribution in [2.24, 2.45) is 0 Å². The van der Waals surface area contributed by atoms with Crippen LogP contribution in [0.1, 0.15) is 18.4 Å². The number of piperidine rings is 1. The van der Waals surface area contributed by atoms with Gasteiger partial charge in [-0.15, -0.1) is 12.4 Å². The van der Waals surface area contributed by atoms with Gasteiger partial charge in [-0.1, -0.05) is 30.3 Å². The predicted octanol–water partition coefficient (Wildman–Crippen LogP) is 1.28. The van der Waals surface area contributed by atoms with Gasteiger partial charge in [0, 0.05) is 6.04 Å². The lowest BCUT2D eigenvalue weighted by Gasteiger charge is -2.23. The summed E-state index contributed by atoms with van der Waals surface area (Å²) in [7, 11) is -3.21. The average Bonchev–Trinajstić information content (AvgIpc) is 2.30. The van der Waals surface area contributed by atoms with Gasteiger partial charge in [0.2, 0.25) is 10.0 Å². The highest BCUT2D eigenvalue weighted by molar-refractivity contribution is 7.88. The molecule has 1 saturated heterocycles. The lowest BCUT2D eigenvalue weighted by atomic mass is 10.1. The second kappa shape index (κ2) is 7.09. The molecule has 0 saturated carbocycles. The van der Waals surface area contributed by atoms with Gasteiger partial charge in [0.15, 0.2) is 0 Å². The molecule has 0 amide bonds. The monoisotopic (exact) mass is 290 g/mol. The van der Waals surface area contributed by atoms with Gasteiger partial charge in [0.05, 0.1) is 5.75 Å². The van der Waals surface area contributed by atoms with Crippen molar-refractivity contribution >= 4 is 22.4 Å². The van der Waals surface area contributed by atoms with Crippen LogP contribution < -0.4 is 10.0 Å². The molecule has 0 bridgehead atoms. The molecule has 4 nitrogen and oxygen atoms in total. The van der Waals surface area contributed by atoms with Gasteiger partial charge >= 0.3 is 0 Å². The van der Waals surface area contributed by atoms with Crippen LogP contribution in [0.5, 0.6) is 0 Å². The van der Waals surface area contributed by atoms with Crippen LogP contribution in [0.3, 0.4) is 0 Å². The van der Waals surface area contributed by atoms with Crippen LogP contribution in [-0.4, -0.2) is 27.5 Å². The van der Waals surface area contributed by atoms with E-state index < -0.39 is 10.0 Å². The Labute approximate surface area is 115 Å². The number of halogens is 1. The smallest absolute Gasteiger partial charge is 0.216 e. The van der Waals surface area contributed by atoms with Crippen molar-refractivity contribution in [3.05, 3.63) is 35.9 Å². The third kappa shape index (κ3) is 4.94. The highest BCUT2D eigenvalue weighted by Crippen LogP contribution is 2.08. The van der Waals surface area contributed by atoms with Crippen molar-refractivity contribution in [3.63, 3.8) is 0 Å². The van der Waals surface area contributed by atoms with Crippen molar-refractivity contribution in [1.82, 2.24) is 10.0 Å². The summed E-state index contributed by atoms with van der Waals surface area (Å²) in [6, 6.07) is 9.36. The fraction of sp³-hybridized carbons (Fsp3) is 0.500. The second-order valence-corrected chi connectivity index (χ2v) is 6.14. The molecule has 0 radical (unpaired) electrons. The quantitative estimate of drug-likeness (QED) is 0.878. The van der Waals surface area contributed by atoms with E-state index in [4.69, 9.17) is 0 Å². The van der Waals surface area contributed by atoms with E-state index in [0.717, 1.165) is 31.5 Å². The number of sulfonamides is 1. The maximum Gasteiger partial charge on any atom is 0.216 e. The first-order chi connectivity index (χ1) is 8.16. The highest BCUT2D eigenvalue weighted by atomic mass is 35.5. The van der Waals surface area contributed by atoms with Crippen molar-refractivity contribution in [2.75, 3.05) is 13.1 Å².